The van der Waals surface area contributed by atoms with Crippen molar-refractivity contribution in [3.63, 3.8) is 0 Å². The number of hydrogen-bond donors (Lipinski definition) is 1. The van der Waals surface area contributed by atoms with Crippen LogP contribution < -0.4 is 19.7 Å². The Hall–Kier alpha value is -4.08. The molecule has 2 aliphatic heterocycles. The zero-order valence-electron chi connectivity index (χ0n) is 23.1. The summed E-state index contributed by atoms with van der Waals surface area (Å²) in [5, 5.41) is 3.87. The van der Waals surface area contributed by atoms with E-state index in [2.05, 4.69) is 10.3 Å². The predicted molar refractivity (Wildman–Crippen MR) is 157 cm³/mol. The van der Waals surface area contributed by atoms with E-state index in [1.54, 1.807) is 42.5 Å². The van der Waals surface area contributed by atoms with Crippen LogP contribution in [0.5, 0.6) is 11.8 Å². The van der Waals surface area contributed by atoms with Crippen LogP contribution in [-0.4, -0.2) is 40.1 Å². The first-order valence-electron chi connectivity index (χ1n) is 13.2. The van der Waals surface area contributed by atoms with Gasteiger partial charge in [0.2, 0.25) is 11.8 Å². The van der Waals surface area contributed by atoms with Crippen LogP contribution in [0.1, 0.15) is 54.1 Å². The minimum absolute atomic E-state index is 0.155. The highest BCUT2D eigenvalue weighted by atomic mass is 35.5. The number of ether oxygens (including phenoxy) is 2. The molecule has 4 heterocycles. The molecule has 1 atom stereocenters. The molecule has 0 fully saturated rings. The van der Waals surface area contributed by atoms with Crippen LogP contribution in [0, 0.1) is 6.92 Å². The van der Waals surface area contributed by atoms with E-state index in [1.165, 1.54) is 12.0 Å². The maximum absolute atomic E-state index is 14.5. The van der Waals surface area contributed by atoms with Crippen LogP contribution in [0.15, 0.2) is 48.5 Å². The number of benzene rings is 2. The number of hydrogen-bond acceptors (Lipinski definition) is 6. The molecule has 11 heteroatoms. The van der Waals surface area contributed by atoms with Crippen molar-refractivity contribution in [1.82, 2.24) is 14.5 Å². The van der Waals surface area contributed by atoms with Crippen LogP contribution in [0.25, 0.3) is 11.4 Å². The summed E-state index contributed by atoms with van der Waals surface area (Å²) in [5.74, 6) is 0.309. The number of aryl methyl sites for hydroxylation is 1. The van der Waals surface area contributed by atoms with Gasteiger partial charge in [-0.05, 0) is 63.6 Å². The number of aromatic nitrogens is 3. The van der Waals surface area contributed by atoms with Gasteiger partial charge in [0.25, 0.3) is 11.8 Å². The van der Waals surface area contributed by atoms with E-state index in [-0.39, 0.29) is 17.6 Å². The monoisotopic (exact) mass is 591 g/mol. The highest BCUT2D eigenvalue weighted by molar-refractivity contribution is 6.32. The molecule has 0 bridgehead atoms. The van der Waals surface area contributed by atoms with E-state index in [4.69, 9.17) is 37.7 Å². The molecule has 1 spiro atoms. The van der Waals surface area contributed by atoms with Crippen molar-refractivity contribution in [2.75, 3.05) is 23.9 Å². The lowest BCUT2D eigenvalue weighted by atomic mass is 9.86. The summed E-state index contributed by atoms with van der Waals surface area (Å²) >= 11 is 12.8. The first kappa shape index (κ1) is 27.1. The van der Waals surface area contributed by atoms with Gasteiger partial charge in [-0.15, -0.1) is 0 Å². The number of carbonyl (C=O) groups excluding carboxylic acids is 2. The lowest BCUT2D eigenvalue weighted by Gasteiger charge is -2.36. The van der Waals surface area contributed by atoms with E-state index in [0.29, 0.717) is 56.6 Å². The van der Waals surface area contributed by atoms with E-state index >= 15 is 0 Å². The van der Waals surface area contributed by atoms with Crippen LogP contribution in [-0.2, 0) is 10.3 Å². The molecular formula is C30H27Cl2N5O4. The molecule has 2 aromatic heterocycles. The van der Waals surface area contributed by atoms with E-state index < -0.39 is 17.4 Å². The Morgan fingerprint density at radius 3 is 2.46 bits per heavy atom. The number of amides is 2. The van der Waals surface area contributed by atoms with Gasteiger partial charge in [0.15, 0.2) is 11.2 Å². The Bertz CT molecular complexity index is 1750. The largest absolute Gasteiger partial charge is 0.480 e. The minimum atomic E-state index is -1.58. The third-order valence-electron chi connectivity index (χ3n) is 7.43. The zero-order valence-corrected chi connectivity index (χ0v) is 24.6. The molecule has 2 amide bonds. The van der Waals surface area contributed by atoms with Gasteiger partial charge in [0, 0.05) is 33.4 Å². The molecule has 210 valence electrons. The molecule has 2 aliphatic rings. The van der Waals surface area contributed by atoms with Crippen molar-refractivity contribution < 1.29 is 19.1 Å². The minimum Gasteiger partial charge on any atom is -0.480 e. The fourth-order valence-corrected chi connectivity index (χ4v) is 6.14. The second kappa shape index (κ2) is 9.78. The fraction of sp³-hybridized carbons (Fsp3) is 0.267. The van der Waals surface area contributed by atoms with Gasteiger partial charge >= 0.3 is 0 Å². The number of anilines is 2. The molecule has 1 N–H and O–H groups in total. The molecule has 0 saturated carbocycles. The Balaban J connectivity index is 1.70. The summed E-state index contributed by atoms with van der Waals surface area (Å²) in [6.45, 7) is 8.13. The Morgan fingerprint density at radius 1 is 1.02 bits per heavy atom. The topological polar surface area (TPSA) is 98.6 Å². The molecule has 2 aromatic carbocycles. The Kier molecular flexibility index (Phi) is 6.47. The van der Waals surface area contributed by atoms with Crippen LogP contribution in [0.3, 0.4) is 0 Å². The summed E-state index contributed by atoms with van der Waals surface area (Å²) in [7, 11) is 1.51. The van der Waals surface area contributed by atoms with Gasteiger partial charge in [-0.2, -0.15) is 4.98 Å². The second-order valence-corrected chi connectivity index (χ2v) is 11.0. The summed E-state index contributed by atoms with van der Waals surface area (Å²) in [5.41, 5.74) is 1.97. The number of nitrogens with one attached hydrogen (secondary N) is 1. The lowest BCUT2D eigenvalue weighted by molar-refractivity contribution is -0.119. The first-order chi connectivity index (χ1) is 19.6. The quantitative estimate of drug-likeness (QED) is 0.278. The second-order valence-electron chi connectivity index (χ2n) is 10.2. The van der Waals surface area contributed by atoms with Gasteiger partial charge in [-0.1, -0.05) is 35.3 Å². The molecule has 0 saturated heterocycles. The molecule has 0 aliphatic carbocycles. The van der Waals surface area contributed by atoms with Crippen molar-refractivity contribution in [2.24, 2.45) is 0 Å². The number of halogens is 2. The molecule has 0 unspecified atom stereocenters. The molecule has 6 rings (SSSR count). The number of rotatable bonds is 6. The van der Waals surface area contributed by atoms with Crippen LogP contribution >= 0.6 is 23.2 Å². The van der Waals surface area contributed by atoms with E-state index in [1.807, 2.05) is 38.3 Å². The highest BCUT2D eigenvalue weighted by Crippen LogP contribution is 2.55. The number of methoxy groups -OCH3 is 1. The number of carbonyl (C=O) groups is 2. The smallest absolute Gasteiger partial charge is 0.280 e. The SMILES string of the molecule is CCOc1ccc(-c2nc3c(n2C(C)C)[C@@]2(C(=O)Nc4cc(Cl)ccc42)N(c2cc(Cl)ccc2C)C3=O)c(OC)n1. The fourth-order valence-electron chi connectivity index (χ4n) is 5.80. The van der Waals surface area contributed by atoms with E-state index in [9.17, 15) is 9.59 Å². The van der Waals surface area contributed by atoms with Crippen molar-refractivity contribution in [3.05, 3.63) is 81.1 Å². The average molecular weight is 592 g/mol. The molecule has 41 heavy (non-hydrogen) atoms. The van der Waals surface area contributed by atoms with Crippen molar-refractivity contribution in [3.8, 4) is 23.1 Å². The number of fused-ring (bicyclic) bond motifs is 4. The molecular weight excluding hydrogens is 565 g/mol. The van der Waals surface area contributed by atoms with Gasteiger partial charge in [-0.3, -0.25) is 14.5 Å². The first-order valence-corrected chi connectivity index (χ1v) is 13.9. The third kappa shape index (κ3) is 3.83. The summed E-state index contributed by atoms with van der Waals surface area (Å²) in [6.07, 6.45) is 0. The van der Waals surface area contributed by atoms with Gasteiger partial charge in [0.05, 0.1) is 30.7 Å². The van der Waals surface area contributed by atoms with Crippen molar-refractivity contribution in [2.45, 2.75) is 39.3 Å². The van der Waals surface area contributed by atoms with Crippen molar-refractivity contribution in [1.29, 1.82) is 0 Å². The predicted octanol–water partition coefficient (Wildman–Crippen LogP) is 6.40. The summed E-state index contributed by atoms with van der Waals surface area (Å²) in [6, 6.07) is 13.8. The molecule has 0 radical (unpaired) electrons. The van der Waals surface area contributed by atoms with Gasteiger partial charge in [-0.25, -0.2) is 4.98 Å². The highest BCUT2D eigenvalue weighted by Gasteiger charge is 2.64. The molecule has 9 nitrogen and oxygen atoms in total. The summed E-state index contributed by atoms with van der Waals surface area (Å²) in [4.78, 5) is 39.7. The Morgan fingerprint density at radius 2 is 1.76 bits per heavy atom. The van der Waals surface area contributed by atoms with Gasteiger partial charge in [0.1, 0.15) is 5.82 Å². The zero-order chi connectivity index (χ0) is 29.2. The van der Waals surface area contributed by atoms with Crippen molar-refractivity contribution >= 4 is 46.4 Å². The maximum atomic E-state index is 14.5. The number of imidazole rings is 1. The van der Waals surface area contributed by atoms with Crippen LogP contribution in [0.4, 0.5) is 11.4 Å². The van der Waals surface area contributed by atoms with Gasteiger partial charge < -0.3 is 19.4 Å². The third-order valence-corrected chi connectivity index (χ3v) is 7.90. The lowest BCUT2D eigenvalue weighted by Crippen LogP contribution is -2.51. The molecule has 4 aromatic rings. The maximum Gasteiger partial charge on any atom is 0.280 e. The normalized spacial score (nSPS) is 17.3. The standard InChI is InChI=1S/C30H27Cl2N5O4/c1-6-41-23-12-10-19(27(34-23)40-5)26-35-24-25(36(26)15(2)3)30(20-11-9-17(31)13-21(20)33-29(30)39)37(28(24)38)22-14-18(32)8-7-16(22)4/h7-15H,6H2,1-5H3,(H,33,39)/t30-/m0/s1. The van der Waals surface area contributed by atoms with E-state index in [0.717, 1.165) is 5.56 Å². The Labute approximate surface area is 247 Å². The number of pyridine rings is 1. The average Bonchev–Trinajstić information content (AvgIpc) is 3.54. The van der Waals surface area contributed by atoms with Crippen LogP contribution in [0.2, 0.25) is 10.0 Å². The summed E-state index contributed by atoms with van der Waals surface area (Å²) < 4.78 is 13.1. The number of nitrogens with zero attached hydrogens (tertiary/aromatic N) is 4.